The third kappa shape index (κ3) is 4.81. The smallest absolute Gasteiger partial charge is 0.119 e. The third-order valence-corrected chi connectivity index (χ3v) is 2.76. The van der Waals surface area contributed by atoms with Crippen molar-refractivity contribution < 1.29 is 4.74 Å². The molecule has 0 saturated heterocycles. The van der Waals surface area contributed by atoms with Gasteiger partial charge in [0.1, 0.15) is 5.75 Å². The number of hydrogen-bond donors (Lipinski definition) is 1. The maximum Gasteiger partial charge on any atom is 0.119 e. The number of hydrogen-bond acceptors (Lipinski definition) is 2. The SMILES string of the molecule is C#CCCC(NCC)c1cccc(OCCC)c1. The lowest BCUT2D eigenvalue weighted by Crippen LogP contribution is -2.20. The van der Waals surface area contributed by atoms with Crippen LogP contribution in [0.1, 0.15) is 44.7 Å². The summed E-state index contributed by atoms with van der Waals surface area (Å²) in [6.07, 6.45) is 8.12. The van der Waals surface area contributed by atoms with Crippen molar-refractivity contribution in [2.45, 2.75) is 39.2 Å². The van der Waals surface area contributed by atoms with Gasteiger partial charge in [-0.1, -0.05) is 26.0 Å². The maximum absolute atomic E-state index is 5.66. The van der Waals surface area contributed by atoms with Crippen LogP contribution in [0.4, 0.5) is 0 Å². The molecular formula is C16H23NO. The van der Waals surface area contributed by atoms with Crippen LogP contribution in [0.2, 0.25) is 0 Å². The zero-order chi connectivity index (χ0) is 13.2. The highest BCUT2D eigenvalue weighted by Gasteiger charge is 2.10. The summed E-state index contributed by atoms with van der Waals surface area (Å²) in [6, 6.07) is 8.60. The molecule has 0 bridgehead atoms. The number of nitrogens with one attached hydrogen (secondary N) is 1. The van der Waals surface area contributed by atoms with Crippen LogP contribution >= 0.6 is 0 Å². The van der Waals surface area contributed by atoms with Crippen LogP contribution in [0, 0.1) is 12.3 Å². The van der Waals surface area contributed by atoms with Gasteiger partial charge in [0.15, 0.2) is 0 Å². The fourth-order valence-electron chi connectivity index (χ4n) is 1.90. The molecule has 98 valence electrons. The van der Waals surface area contributed by atoms with Crippen molar-refractivity contribution in [1.82, 2.24) is 5.32 Å². The number of rotatable bonds is 8. The molecule has 2 nitrogen and oxygen atoms in total. The molecule has 1 unspecified atom stereocenters. The molecule has 0 aliphatic carbocycles. The molecule has 1 rings (SSSR count). The first-order valence-electron chi connectivity index (χ1n) is 6.71. The molecular weight excluding hydrogens is 222 g/mol. The monoisotopic (exact) mass is 245 g/mol. The Bertz CT molecular complexity index is 381. The Morgan fingerprint density at radius 3 is 2.89 bits per heavy atom. The van der Waals surface area contributed by atoms with Gasteiger partial charge in [-0.2, -0.15) is 0 Å². The second kappa shape index (κ2) is 8.60. The molecule has 0 aromatic heterocycles. The minimum atomic E-state index is 0.316. The summed E-state index contributed by atoms with van der Waals surface area (Å²) < 4.78 is 5.66. The van der Waals surface area contributed by atoms with Crippen molar-refractivity contribution >= 4 is 0 Å². The molecule has 1 atom stereocenters. The quantitative estimate of drug-likeness (QED) is 0.707. The fraction of sp³-hybridized carbons (Fsp3) is 0.500. The Morgan fingerprint density at radius 2 is 2.22 bits per heavy atom. The molecule has 0 aliphatic rings. The Morgan fingerprint density at radius 1 is 1.39 bits per heavy atom. The zero-order valence-corrected chi connectivity index (χ0v) is 11.4. The average molecular weight is 245 g/mol. The minimum Gasteiger partial charge on any atom is -0.494 e. The first kappa shape index (κ1) is 14.6. The number of ether oxygens (including phenoxy) is 1. The Labute approximate surface area is 111 Å². The van der Waals surface area contributed by atoms with E-state index in [2.05, 4.69) is 37.2 Å². The predicted octanol–water partition coefficient (Wildman–Crippen LogP) is 3.54. The van der Waals surface area contributed by atoms with E-state index in [9.17, 15) is 0 Å². The number of benzene rings is 1. The van der Waals surface area contributed by atoms with Gasteiger partial charge in [0.2, 0.25) is 0 Å². The normalized spacial score (nSPS) is 11.8. The van der Waals surface area contributed by atoms with Gasteiger partial charge in [-0.05, 0) is 37.1 Å². The van der Waals surface area contributed by atoms with Crippen molar-refractivity contribution in [3.63, 3.8) is 0 Å². The Kier molecular flexibility index (Phi) is 6.98. The van der Waals surface area contributed by atoms with E-state index in [0.717, 1.165) is 38.2 Å². The van der Waals surface area contributed by atoms with Crippen molar-refractivity contribution in [2.75, 3.05) is 13.2 Å². The molecule has 1 N–H and O–H groups in total. The summed E-state index contributed by atoms with van der Waals surface area (Å²) in [5.41, 5.74) is 1.25. The van der Waals surface area contributed by atoms with Crippen molar-refractivity contribution in [2.24, 2.45) is 0 Å². The van der Waals surface area contributed by atoms with Gasteiger partial charge in [-0.15, -0.1) is 12.3 Å². The van der Waals surface area contributed by atoms with E-state index in [1.165, 1.54) is 5.56 Å². The van der Waals surface area contributed by atoms with E-state index >= 15 is 0 Å². The molecule has 1 aromatic carbocycles. The summed E-state index contributed by atoms with van der Waals surface area (Å²) in [5, 5.41) is 3.47. The minimum absolute atomic E-state index is 0.316. The first-order chi connectivity index (χ1) is 8.81. The topological polar surface area (TPSA) is 21.3 Å². The van der Waals surface area contributed by atoms with Gasteiger partial charge in [-0.25, -0.2) is 0 Å². The predicted molar refractivity (Wildman–Crippen MR) is 76.7 cm³/mol. The van der Waals surface area contributed by atoms with Crippen LogP contribution in [-0.2, 0) is 0 Å². The highest BCUT2D eigenvalue weighted by molar-refractivity contribution is 5.30. The first-order valence-corrected chi connectivity index (χ1v) is 6.71. The van der Waals surface area contributed by atoms with Crippen LogP contribution in [0.5, 0.6) is 5.75 Å². The van der Waals surface area contributed by atoms with Crippen LogP contribution in [-0.4, -0.2) is 13.2 Å². The average Bonchev–Trinajstić information content (AvgIpc) is 2.41. The third-order valence-electron chi connectivity index (χ3n) is 2.76. The molecule has 0 heterocycles. The summed E-state index contributed by atoms with van der Waals surface area (Å²) in [7, 11) is 0. The van der Waals surface area contributed by atoms with Gasteiger partial charge in [0.05, 0.1) is 6.61 Å². The summed E-state index contributed by atoms with van der Waals surface area (Å²) in [6.45, 7) is 5.92. The van der Waals surface area contributed by atoms with E-state index in [-0.39, 0.29) is 0 Å². The molecule has 1 aromatic rings. The number of terminal acetylenes is 1. The molecule has 0 spiro atoms. The summed E-state index contributed by atoms with van der Waals surface area (Å²) >= 11 is 0. The van der Waals surface area contributed by atoms with E-state index in [1.807, 2.05) is 12.1 Å². The van der Waals surface area contributed by atoms with Crippen LogP contribution in [0.25, 0.3) is 0 Å². The lowest BCUT2D eigenvalue weighted by atomic mass is 10.0. The van der Waals surface area contributed by atoms with Crippen molar-refractivity contribution in [1.29, 1.82) is 0 Å². The second-order valence-electron chi connectivity index (χ2n) is 4.27. The largest absolute Gasteiger partial charge is 0.494 e. The van der Waals surface area contributed by atoms with Gasteiger partial charge >= 0.3 is 0 Å². The van der Waals surface area contributed by atoms with Crippen LogP contribution in [0.15, 0.2) is 24.3 Å². The van der Waals surface area contributed by atoms with Gasteiger partial charge in [0.25, 0.3) is 0 Å². The molecule has 2 heteroatoms. The van der Waals surface area contributed by atoms with Crippen LogP contribution in [0.3, 0.4) is 0 Å². The standard InChI is InChI=1S/C16H23NO/c1-4-7-11-16(17-6-3)14-9-8-10-15(13-14)18-12-5-2/h1,8-10,13,16-17H,5-7,11-12H2,2-3H3. The zero-order valence-electron chi connectivity index (χ0n) is 11.4. The fourth-order valence-corrected chi connectivity index (χ4v) is 1.90. The van der Waals surface area contributed by atoms with Crippen molar-refractivity contribution in [3.05, 3.63) is 29.8 Å². The van der Waals surface area contributed by atoms with Crippen molar-refractivity contribution in [3.8, 4) is 18.1 Å². The molecule has 0 radical (unpaired) electrons. The molecule has 0 fully saturated rings. The van der Waals surface area contributed by atoms with E-state index in [1.54, 1.807) is 0 Å². The lowest BCUT2D eigenvalue weighted by Gasteiger charge is -2.18. The van der Waals surface area contributed by atoms with E-state index < -0.39 is 0 Å². The Balaban J connectivity index is 2.73. The maximum atomic E-state index is 5.66. The van der Waals surface area contributed by atoms with Gasteiger partial charge in [-0.3, -0.25) is 0 Å². The van der Waals surface area contributed by atoms with Gasteiger partial charge in [0, 0.05) is 12.5 Å². The van der Waals surface area contributed by atoms with Crippen LogP contribution < -0.4 is 10.1 Å². The lowest BCUT2D eigenvalue weighted by molar-refractivity contribution is 0.316. The van der Waals surface area contributed by atoms with Gasteiger partial charge < -0.3 is 10.1 Å². The molecule has 0 aliphatic heterocycles. The summed E-state index contributed by atoms with van der Waals surface area (Å²) in [5.74, 6) is 3.65. The highest BCUT2D eigenvalue weighted by Crippen LogP contribution is 2.22. The molecule has 18 heavy (non-hydrogen) atoms. The van der Waals surface area contributed by atoms with E-state index in [0.29, 0.717) is 6.04 Å². The molecule has 0 saturated carbocycles. The van der Waals surface area contributed by atoms with E-state index in [4.69, 9.17) is 11.2 Å². The Hall–Kier alpha value is -1.46. The second-order valence-corrected chi connectivity index (χ2v) is 4.27. The molecule has 0 amide bonds. The highest BCUT2D eigenvalue weighted by atomic mass is 16.5. The summed E-state index contributed by atoms with van der Waals surface area (Å²) in [4.78, 5) is 0.